The highest BCUT2D eigenvalue weighted by molar-refractivity contribution is 9.10. The van der Waals surface area contributed by atoms with Crippen LogP contribution in [-0.2, 0) is 6.54 Å². The summed E-state index contributed by atoms with van der Waals surface area (Å²) in [4.78, 5) is 29.4. The fourth-order valence-corrected chi connectivity index (χ4v) is 3.26. The van der Waals surface area contributed by atoms with Gasteiger partial charge in [0.1, 0.15) is 21.3 Å². The molecule has 0 aliphatic rings. The Bertz CT molecular complexity index is 1330. The molecule has 8 heteroatoms. The molecule has 0 amide bonds. The number of hydrogen-bond donors (Lipinski definition) is 1. The molecule has 0 aliphatic heterocycles. The van der Waals surface area contributed by atoms with E-state index in [0.717, 1.165) is 5.56 Å². The number of nitrogens with zero attached hydrogens (tertiary/aromatic N) is 2. The van der Waals surface area contributed by atoms with Crippen molar-refractivity contribution in [3.8, 4) is 5.75 Å². The van der Waals surface area contributed by atoms with Gasteiger partial charge in [0.25, 0.3) is 5.56 Å². The van der Waals surface area contributed by atoms with Gasteiger partial charge < -0.3 is 9.52 Å². The van der Waals surface area contributed by atoms with Crippen LogP contribution in [0.4, 0.5) is 4.39 Å². The first-order valence-electron chi connectivity index (χ1n) is 7.95. The normalized spacial score (nSPS) is 11.4. The highest BCUT2D eigenvalue weighted by Crippen LogP contribution is 2.31. The molecule has 0 radical (unpaired) electrons. The molecule has 0 bridgehead atoms. The van der Waals surface area contributed by atoms with Crippen molar-refractivity contribution >= 4 is 37.9 Å². The second-order valence-electron chi connectivity index (χ2n) is 6.16. The Labute approximate surface area is 159 Å². The van der Waals surface area contributed by atoms with Crippen LogP contribution >= 0.6 is 15.9 Å². The molecule has 6 nitrogen and oxygen atoms in total. The minimum atomic E-state index is -0.793. The Morgan fingerprint density at radius 1 is 1.26 bits per heavy atom. The van der Waals surface area contributed by atoms with Crippen LogP contribution in [0, 0.1) is 12.7 Å². The molecule has 1 N–H and O–H groups in total. The third-order valence-electron chi connectivity index (χ3n) is 4.26. The molecule has 0 aliphatic carbocycles. The van der Waals surface area contributed by atoms with Crippen molar-refractivity contribution in [2.45, 2.75) is 13.5 Å². The molecule has 3 heterocycles. The Balaban J connectivity index is 2.14. The van der Waals surface area contributed by atoms with Gasteiger partial charge in [-0.3, -0.25) is 9.36 Å². The van der Waals surface area contributed by atoms with Crippen molar-refractivity contribution in [1.82, 2.24) is 9.55 Å². The maximum Gasteiger partial charge on any atom is 0.354 e. The summed E-state index contributed by atoms with van der Waals surface area (Å²) >= 11 is 2.95. The zero-order valence-electron chi connectivity index (χ0n) is 14.0. The first-order chi connectivity index (χ1) is 12.9. The molecule has 1 aromatic carbocycles. The van der Waals surface area contributed by atoms with Crippen molar-refractivity contribution < 1.29 is 13.9 Å². The second-order valence-corrected chi connectivity index (χ2v) is 6.95. The highest BCUT2D eigenvalue weighted by atomic mass is 79.9. The van der Waals surface area contributed by atoms with E-state index in [0.29, 0.717) is 16.6 Å². The molecular weight excluding hydrogens is 419 g/mol. The largest absolute Gasteiger partial charge is 0.506 e. The van der Waals surface area contributed by atoms with Crippen LogP contribution in [0.3, 0.4) is 0 Å². The van der Waals surface area contributed by atoms with Crippen LogP contribution in [0.5, 0.6) is 5.75 Å². The number of pyridine rings is 2. The van der Waals surface area contributed by atoms with Gasteiger partial charge in [-0.1, -0.05) is 12.1 Å². The van der Waals surface area contributed by atoms with Gasteiger partial charge in [0, 0.05) is 6.20 Å². The van der Waals surface area contributed by atoms with E-state index in [1.807, 2.05) is 6.92 Å². The third kappa shape index (κ3) is 2.82. The van der Waals surface area contributed by atoms with E-state index in [4.69, 9.17) is 4.42 Å². The SMILES string of the molecule is Cc1cnc2c(c1)c1oc(=O)c(Br)c(O)c1c(=O)n2Cc1ccc(F)cc1. The van der Waals surface area contributed by atoms with Gasteiger partial charge in [-0.05, 0) is 52.2 Å². The molecule has 3 aromatic heterocycles. The zero-order chi connectivity index (χ0) is 19.3. The van der Waals surface area contributed by atoms with Crippen molar-refractivity contribution in [3.63, 3.8) is 0 Å². The average Bonchev–Trinajstić information content (AvgIpc) is 2.64. The van der Waals surface area contributed by atoms with Crippen molar-refractivity contribution in [2.75, 3.05) is 0 Å². The van der Waals surface area contributed by atoms with E-state index in [2.05, 4.69) is 20.9 Å². The molecule has 0 saturated heterocycles. The first-order valence-corrected chi connectivity index (χ1v) is 8.75. The number of hydrogen-bond acceptors (Lipinski definition) is 5. The van der Waals surface area contributed by atoms with E-state index < -0.39 is 16.9 Å². The molecule has 0 fully saturated rings. The average molecular weight is 431 g/mol. The van der Waals surface area contributed by atoms with Crippen molar-refractivity contribution in [3.05, 3.63) is 78.7 Å². The van der Waals surface area contributed by atoms with Crippen LogP contribution in [0.15, 0.2) is 55.0 Å². The number of rotatable bonds is 2. The number of halogens is 2. The Morgan fingerprint density at radius 3 is 2.67 bits per heavy atom. The van der Waals surface area contributed by atoms with Gasteiger partial charge in [0.05, 0.1) is 11.9 Å². The summed E-state index contributed by atoms with van der Waals surface area (Å²) in [6.07, 6.45) is 1.59. The van der Waals surface area contributed by atoms with Gasteiger partial charge in [-0.25, -0.2) is 14.2 Å². The molecule has 136 valence electrons. The second kappa shape index (κ2) is 6.31. The zero-order valence-corrected chi connectivity index (χ0v) is 15.6. The summed E-state index contributed by atoms with van der Waals surface area (Å²) in [5.74, 6) is -0.867. The lowest BCUT2D eigenvalue weighted by Crippen LogP contribution is -2.23. The van der Waals surface area contributed by atoms with Gasteiger partial charge in [0.15, 0.2) is 11.3 Å². The Morgan fingerprint density at radius 2 is 1.96 bits per heavy atom. The number of aromatic nitrogens is 2. The lowest BCUT2D eigenvalue weighted by atomic mass is 10.1. The van der Waals surface area contributed by atoms with Crippen LogP contribution in [0.2, 0.25) is 0 Å². The fraction of sp³-hybridized carbons (Fsp3) is 0.105. The summed E-state index contributed by atoms with van der Waals surface area (Å²) < 4.78 is 19.6. The summed E-state index contributed by atoms with van der Waals surface area (Å²) in [5.41, 5.74) is 0.386. The van der Waals surface area contributed by atoms with E-state index in [1.54, 1.807) is 24.4 Å². The van der Waals surface area contributed by atoms with Crippen LogP contribution in [0.25, 0.3) is 22.0 Å². The van der Waals surface area contributed by atoms with Gasteiger partial charge in [0.2, 0.25) is 0 Å². The minimum Gasteiger partial charge on any atom is -0.506 e. The summed E-state index contributed by atoms with van der Waals surface area (Å²) in [6, 6.07) is 7.45. The van der Waals surface area contributed by atoms with E-state index in [-0.39, 0.29) is 27.8 Å². The van der Waals surface area contributed by atoms with Crippen molar-refractivity contribution in [2.24, 2.45) is 0 Å². The number of benzene rings is 1. The minimum absolute atomic E-state index is 0.0211. The van der Waals surface area contributed by atoms with Gasteiger partial charge >= 0.3 is 5.63 Å². The number of fused-ring (bicyclic) bond motifs is 3. The summed E-state index contributed by atoms with van der Waals surface area (Å²) in [7, 11) is 0. The quantitative estimate of drug-likeness (QED) is 0.492. The van der Waals surface area contributed by atoms with Crippen LogP contribution in [-0.4, -0.2) is 14.7 Å². The Hall–Kier alpha value is -3.00. The first kappa shape index (κ1) is 17.4. The number of aryl methyl sites for hydroxylation is 1. The van der Waals surface area contributed by atoms with Gasteiger partial charge in [-0.2, -0.15) is 0 Å². The molecule has 0 unspecified atom stereocenters. The lowest BCUT2D eigenvalue weighted by molar-refractivity contribution is 0.462. The molecule has 0 spiro atoms. The van der Waals surface area contributed by atoms with Gasteiger partial charge in [-0.15, -0.1) is 0 Å². The standard InChI is InChI=1S/C19H12BrFN2O4/c1-9-6-12-16-13(15(24)14(20)19(26)27-16)18(25)23(17(12)22-7-9)8-10-2-4-11(21)5-3-10/h2-7,24H,8H2,1H3. The summed E-state index contributed by atoms with van der Waals surface area (Å²) in [5, 5.41) is 10.7. The van der Waals surface area contributed by atoms with E-state index in [9.17, 15) is 19.1 Å². The van der Waals surface area contributed by atoms with E-state index >= 15 is 0 Å². The molecular formula is C19H12BrFN2O4. The summed E-state index contributed by atoms with van der Waals surface area (Å²) in [6.45, 7) is 1.92. The molecule has 0 atom stereocenters. The third-order valence-corrected chi connectivity index (χ3v) is 4.96. The predicted molar refractivity (Wildman–Crippen MR) is 102 cm³/mol. The number of aromatic hydroxyl groups is 1. The van der Waals surface area contributed by atoms with Crippen LogP contribution < -0.4 is 11.2 Å². The molecule has 0 saturated carbocycles. The van der Waals surface area contributed by atoms with E-state index in [1.165, 1.54) is 16.7 Å². The monoisotopic (exact) mass is 430 g/mol. The predicted octanol–water partition coefficient (Wildman–Crippen LogP) is 3.47. The highest BCUT2D eigenvalue weighted by Gasteiger charge is 2.21. The van der Waals surface area contributed by atoms with Crippen LogP contribution in [0.1, 0.15) is 11.1 Å². The topological polar surface area (TPSA) is 85.3 Å². The molecule has 4 aromatic rings. The maximum atomic E-state index is 13.2. The molecule has 27 heavy (non-hydrogen) atoms. The lowest BCUT2D eigenvalue weighted by Gasteiger charge is -2.13. The maximum absolute atomic E-state index is 13.2. The molecule has 4 rings (SSSR count). The fourth-order valence-electron chi connectivity index (χ4n) is 2.98. The smallest absolute Gasteiger partial charge is 0.354 e. The van der Waals surface area contributed by atoms with Crippen molar-refractivity contribution in [1.29, 1.82) is 0 Å². The Kier molecular flexibility index (Phi) is 4.07.